The zero-order valence-corrected chi connectivity index (χ0v) is 30.9. The molecule has 0 amide bonds. The van der Waals surface area contributed by atoms with Gasteiger partial charge in [0, 0.05) is 27.6 Å². The largest absolute Gasteiger partial charge is 0.456 e. The highest BCUT2D eigenvalue weighted by Crippen LogP contribution is 2.50. The van der Waals surface area contributed by atoms with E-state index in [0.29, 0.717) is 5.82 Å². The summed E-state index contributed by atoms with van der Waals surface area (Å²) in [5, 5.41) is 4.62. The maximum atomic E-state index is 6.61. The summed E-state index contributed by atoms with van der Waals surface area (Å²) in [5.41, 5.74) is 14.2. The third kappa shape index (κ3) is 5.76. The summed E-state index contributed by atoms with van der Waals surface area (Å²) in [4.78, 5) is 10.3. The lowest BCUT2D eigenvalue weighted by atomic mass is 9.88. The maximum Gasteiger partial charge on any atom is 0.160 e. The minimum atomic E-state index is 0.697. The monoisotopic (exact) mass is 726 g/mol. The van der Waals surface area contributed by atoms with Crippen molar-refractivity contribution >= 4 is 21.5 Å². The fourth-order valence-corrected chi connectivity index (χ4v) is 8.36. The summed E-state index contributed by atoms with van der Waals surface area (Å²) in [6.45, 7) is 0. The van der Waals surface area contributed by atoms with Crippen LogP contribution in [0.4, 0.5) is 0 Å². The standard InChI is InChI=1S/C54H34N2O/c1-4-13-35(14-5-1)36-23-25-38(26-24-36)49-34-50(56-54(55-49)39-17-8-3-9-18-39)45-29-28-42(43-19-10-11-20-44(43)45)40-27-31-51-48(33-40)47-22-12-21-46-41(37-15-6-2-7-16-37)30-32-52(57-51)53(46)47/h1-34H. The van der Waals surface area contributed by atoms with Crippen LogP contribution >= 0.6 is 0 Å². The molecule has 57 heavy (non-hydrogen) atoms. The number of ether oxygens (including phenoxy) is 1. The third-order valence-corrected chi connectivity index (χ3v) is 11.1. The van der Waals surface area contributed by atoms with Crippen molar-refractivity contribution in [3.8, 4) is 89.9 Å². The van der Waals surface area contributed by atoms with Gasteiger partial charge in [-0.3, -0.25) is 0 Å². The van der Waals surface area contributed by atoms with E-state index in [0.717, 1.165) is 72.4 Å². The Balaban J connectivity index is 1.03. The van der Waals surface area contributed by atoms with Crippen molar-refractivity contribution in [3.05, 3.63) is 206 Å². The van der Waals surface area contributed by atoms with Crippen LogP contribution in [0.1, 0.15) is 0 Å². The second-order valence-corrected chi connectivity index (χ2v) is 14.5. The number of nitrogens with zero attached hydrogens (tertiary/aromatic N) is 2. The van der Waals surface area contributed by atoms with E-state index in [2.05, 4.69) is 182 Å². The molecule has 1 aromatic heterocycles. The third-order valence-electron chi connectivity index (χ3n) is 11.1. The maximum absolute atomic E-state index is 6.61. The van der Waals surface area contributed by atoms with Gasteiger partial charge in [0.05, 0.1) is 11.4 Å². The van der Waals surface area contributed by atoms with Gasteiger partial charge >= 0.3 is 0 Å². The van der Waals surface area contributed by atoms with Crippen LogP contribution in [0.25, 0.3) is 100.0 Å². The number of hydrogen-bond donors (Lipinski definition) is 0. The molecule has 1 aliphatic rings. The van der Waals surface area contributed by atoms with Gasteiger partial charge in [-0.2, -0.15) is 0 Å². The van der Waals surface area contributed by atoms with Gasteiger partial charge in [-0.15, -0.1) is 0 Å². The number of hydrogen-bond acceptors (Lipinski definition) is 3. The van der Waals surface area contributed by atoms with E-state index in [-0.39, 0.29) is 0 Å². The molecular weight excluding hydrogens is 693 g/mol. The zero-order chi connectivity index (χ0) is 37.7. The van der Waals surface area contributed by atoms with E-state index in [1.807, 2.05) is 24.3 Å². The summed E-state index contributed by atoms with van der Waals surface area (Å²) < 4.78 is 6.61. The molecule has 3 heteroatoms. The van der Waals surface area contributed by atoms with Gasteiger partial charge in [-0.25, -0.2) is 9.97 Å². The molecule has 1 aliphatic heterocycles. The van der Waals surface area contributed by atoms with E-state index < -0.39 is 0 Å². The van der Waals surface area contributed by atoms with E-state index >= 15 is 0 Å². The predicted octanol–water partition coefficient (Wildman–Crippen LogP) is 14.6. The number of rotatable bonds is 6. The lowest BCUT2D eigenvalue weighted by Crippen LogP contribution is -1.99. The highest BCUT2D eigenvalue weighted by Gasteiger charge is 2.23. The molecule has 0 atom stereocenters. The van der Waals surface area contributed by atoms with Crippen LogP contribution in [0.5, 0.6) is 11.5 Å². The van der Waals surface area contributed by atoms with Crippen LogP contribution in [0.3, 0.4) is 0 Å². The molecule has 266 valence electrons. The molecule has 0 saturated carbocycles. The molecule has 10 aromatic rings. The van der Waals surface area contributed by atoms with Gasteiger partial charge in [0.1, 0.15) is 11.5 Å². The highest BCUT2D eigenvalue weighted by atomic mass is 16.5. The molecule has 11 rings (SSSR count). The molecule has 3 nitrogen and oxygen atoms in total. The summed E-state index contributed by atoms with van der Waals surface area (Å²) in [6.07, 6.45) is 0. The molecular formula is C54H34N2O. The summed E-state index contributed by atoms with van der Waals surface area (Å²) >= 11 is 0. The van der Waals surface area contributed by atoms with Gasteiger partial charge in [-0.1, -0.05) is 182 Å². The van der Waals surface area contributed by atoms with Crippen LogP contribution in [-0.2, 0) is 0 Å². The Morgan fingerprint density at radius 2 is 0.807 bits per heavy atom. The van der Waals surface area contributed by atoms with Crippen LogP contribution in [0.2, 0.25) is 0 Å². The molecule has 0 spiro atoms. The van der Waals surface area contributed by atoms with Crippen LogP contribution in [0.15, 0.2) is 206 Å². The normalized spacial score (nSPS) is 11.6. The van der Waals surface area contributed by atoms with Crippen LogP contribution < -0.4 is 4.74 Å². The molecule has 0 N–H and O–H groups in total. The summed E-state index contributed by atoms with van der Waals surface area (Å²) in [6, 6.07) is 72.7. The molecule has 0 aliphatic carbocycles. The number of aromatic nitrogens is 2. The van der Waals surface area contributed by atoms with Crippen molar-refractivity contribution in [2.75, 3.05) is 0 Å². The van der Waals surface area contributed by atoms with E-state index in [1.165, 1.54) is 33.2 Å². The van der Waals surface area contributed by atoms with Gasteiger partial charge in [-0.05, 0) is 79.4 Å². The molecule has 0 radical (unpaired) electrons. The fourth-order valence-electron chi connectivity index (χ4n) is 8.36. The smallest absolute Gasteiger partial charge is 0.160 e. The first-order valence-electron chi connectivity index (χ1n) is 19.3. The van der Waals surface area contributed by atoms with Crippen molar-refractivity contribution in [2.45, 2.75) is 0 Å². The highest BCUT2D eigenvalue weighted by molar-refractivity contribution is 6.11. The number of benzene rings is 9. The van der Waals surface area contributed by atoms with Gasteiger partial charge < -0.3 is 4.74 Å². The Bertz CT molecular complexity index is 3120. The quantitative estimate of drug-likeness (QED) is 0.171. The van der Waals surface area contributed by atoms with E-state index in [1.54, 1.807) is 0 Å². The zero-order valence-electron chi connectivity index (χ0n) is 30.9. The SMILES string of the molecule is c1ccc(-c2ccc(-c3cc(-c4ccc(-c5ccc6c(c5)-c5cccc7c(-c8ccccc8)ccc(c57)O6)c5ccccc45)nc(-c4ccccc4)n3)cc2)cc1. The van der Waals surface area contributed by atoms with Crippen molar-refractivity contribution in [3.63, 3.8) is 0 Å². The number of fused-ring (bicyclic) bond motifs is 3. The Hall–Kier alpha value is -7.62. The minimum absolute atomic E-state index is 0.697. The Labute approximate surface area is 331 Å². The predicted molar refractivity (Wildman–Crippen MR) is 235 cm³/mol. The minimum Gasteiger partial charge on any atom is -0.456 e. The Morgan fingerprint density at radius 3 is 1.56 bits per heavy atom. The van der Waals surface area contributed by atoms with E-state index in [4.69, 9.17) is 14.7 Å². The lowest BCUT2D eigenvalue weighted by Gasteiger charge is -2.23. The Morgan fingerprint density at radius 1 is 0.281 bits per heavy atom. The molecule has 9 aromatic carbocycles. The van der Waals surface area contributed by atoms with Crippen LogP contribution in [-0.4, -0.2) is 9.97 Å². The van der Waals surface area contributed by atoms with Crippen LogP contribution in [0, 0.1) is 0 Å². The van der Waals surface area contributed by atoms with Crippen molar-refractivity contribution in [2.24, 2.45) is 0 Å². The van der Waals surface area contributed by atoms with Crippen molar-refractivity contribution < 1.29 is 4.74 Å². The molecule has 2 heterocycles. The first-order chi connectivity index (χ1) is 28.2. The van der Waals surface area contributed by atoms with Crippen molar-refractivity contribution in [1.29, 1.82) is 0 Å². The van der Waals surface area contributed by atoms with Gasteiger partial charge in [0.15, 0.2) is 5.82 Å². The topological polar surface area (TPSA) is 35.0 Å². The molecule has 0 unspecified atom stereocenters. The average molecular weight is 727 g/mol. The summed E-state index contributed by atoms with van der Waals surface area (Å²) in [7, 11) is 0. The summed E-state index contributed by atoms with van der Waals surface area (Å²) in [5.74, 6) is 2.45. The van der Waals surface area contributed by atoms with Crippen molar-refractivity contribution in [1.82, 2.24) is 9.97 Å². The van der Waals surface area contributed by atoms with Gasteiger partial charge in [0.2, 0.25) is 0 Å². The lowest BCUT2D eigenvalue weighted by molar-refractivity contribution is 0.487. The van der Waals surface area contributed by atoms with E-state index in [9.17, 15) is 0 Å². The Kier molecular flexibility index (Phi) is 7.82. The average Bonchev–Trinajstić information content (AvgIpc) is 3.29. The van der Waals surface area contributed by atoms with Gasteiger partial charge in [0.25, 0.3) is 0 Å². The second-order valence-electron chi connectivity index (χ2n) is 14.5. The fraction of sp³-hybridized carbons (Fsp3) is 0. The molecule has 0 fully saturated rings. The first-order valence-corrected chi connectivity index (χ1v) is 19.3. The molecule has 0 bridgehead atoms. The molecule has 0 saturated heterocycles. The second kappa shape index (κ2) is 13.6. The first kappa shape index (κ1) is 32.8.